The van der Waals surface area contributed by atoms with Gasteiger partial charge in [-0.1, -0.05) is 30.3 Å². The van der Waals surface area contributed by atoms with E-state index in [-0.39, 0.29) is 5.91 Å². The van der Waals surface area contributed by atoms with Crippen molar-refractivity contribution in [2.75, 3.05) is 19.3 Å². The topological polar surface area (TPSA) is 55.4 Å². The molecule has 1 unspecified atom stereocenters. The summed E-state index contributed by atoms with van der Waals surface area (Å²) in [7, 11) is -1.61. The molecule has 0 fully saturated rings. The SMILES string of the molecule is CC(=O)NCCO[P+](=O)CCCc1ccccc1. The molecule has 0 aliphatic rings. The van der Waals surface area contributed by atoms with Crippen LogP contribution in [0.4, 0.5) is 0 Å². The van der Waals surface area contributed by atoms with Crippen LogP contribution in [0.2, 0.25) is 0 Å². The van der Waals surface area contributed by atoms with Gasteiger partial charge in [-0.25, -0.2) is 0 Å². The highest BCUT2D eigenvalue weighted by molar-refractivity contribution is 7.39. The van der Waals surface area contributed by atoms with Crippen LogP contribution in [0.1, 0.15) is 18.9 Å². The molecule has 1 aromatic carbocycles. The molecule has 18 heavy (non-hydrogen) atoms. The number of aryl methyl sites for hydroxylation is 1. The lowest BCUT2D eigenvalue weighted by molar-refractivity contribution is -0.119. The van der Waals surface area contributed by atoms with Crippen molar-refractivity contribution in [2.24, 2.45) is 0 Å². The molecule has 0 heterocycles. The summed E-state index contributed by atoms with van der Waals surface area (Å²) in [5.41, 5.74) is 1.25. The second-order valence-electron chi connectivity index (χ2n) is 3.96. The molecule has 0 aromatic heterocycles. The van der Waals surface area contributed by atoms with Gasteiger partial charge in [-0.3, -0.25) is 4.79 Å². The number of carbonyl (C=O) groups excluding carboxylic acids is 1. The molecule has 1 atom stereocenters. The molecule has 98 valence electrons. The van der Waals surface area contributed by atoms with Gasteiger partial charge in [0.2, 0.25) is 5.91 Å². The molecule has 0 saturated heterocycles. The number of hydrogen-bond donors (Lipinski definition) is 1. The number of amides is 1. The van der Waals surface area contributed by atoms with E-state index in [1.807, 2.05) is 18.2 Å². The van der Waals surface area contributed by atoms with Crippen LogP contribution in [0.5, 0.6) is 0 Å². The van der Waals surface area contributed by atoms with Crippen molar-refractivity contribution in [1.29, 1.82) is 0 Å². The summed E-state index contributed by atoms with van der Waals surface area (Å²) in [5.74, 6) is -0.0992. The molecule has 0 radical (unpaired) electrons. The predicted octanol–water partition coefficient (Wildman–Crippen LogP) is 2.51. The first kappa shape index (κ1) is 14.8. The Morgan fingerprint density at radius 1 is 1.33 bits per heavy atom. The van der Waals surface area contributed by atoms with Gasteiger partial charge in [-0.2, -0.15) is 0 Å². The van der Waals surface area contributed by atoms with Gasteiger partial charge in [0.05, 0.1) is 0 Å². The maximum Gasteiger partial charge on any atom is 0.508 e. The molecule has 1 amide bonds. The van der Waals surface area contributed by atoms with Gasteiger partial charge in [0.25, 0.3) is 0 Å². The molecule has 0 bridgehead atoms. The maximum absolute atomic E-state index is 11.5. The van der Waals surface area contributed by atoms with Gasteiger partial charge in [-0.15, -0.1) is 4.52 Å². The predicted molar refractivity (Wildman–Crippen MR) is 71.9 cm³/mol. The van der Waals surface area contributed by atoms with Crippen molar-refractivity contribution in [3.05, 3.63) is 35.9 Å². The summed E-state index contributed by atoms with van der Waals surface area (Å²) in [5, 5.41) is 2.59. The van der Waals surface area contributed by atoms with Crippen molar-refractivity contribution in [3.63, 3.8) is 0 Å². The Bertz CT molecular complexity index is 381. The second-order valence-corrected chi connectivity index (χ2v) is 5.33. The third-order valence-corrected chi connectivity index (χ3v) is 3.51. The lowest BCUT2D eigenvalue weighted by Crippen LogP contribution is -2.23. The zero-order chi connectivity index (χ0) is 13.2. The normalized spacial score (nSPS) is 11.1. The molecule has 1 rings (SSSR count). The zero-order valence-electron chi connectivity index (χ0n) is 10.6. The second kappa shape index (κ2) is 8.78. The third-order valence-electron chi connectivity index (χ3n) is 2.36. The largest absolute Gasteiger partial charge is 0.508 e. The summed E-state index contributed by atoms with van der Waals surface area (Å²) in [4.78, 5) is 10.6. The van der Waals surface area contributed by atoms with Crippen LogP contribution in [-0.2, 0) is 20.3 Å². The molecular formula is C13H19NO3P+. The summed E-state index contributed by atoms with van der Waals surface area (Å²) < 4.78 is 16.6. The lowest BCUT2D eigenvalue weighted by atomic mass is 10.1. The fourth-order valence-corrected chi connectivity index (χ4v) is 2.34. The Labute approximate surface area is 109 Å². The standard InChI is InChI=1S/C13H18NO3P/c1-12(15)14-9-10-17-18(16)11-5-8-13-6-3-2-4-7-13/h2-4,6-7H,5,8-11H2,1H3/p+1. The Morgan fingerprint density at radius 2 is 2.06 bits per heavy atom. The van der Waals surface area contributed by atoms with E-state index in [4.69, 9.17) is 4.52 Å². The van der Waals surface area contributed by atoms with E-state index in [0.717, 1.165) is 12.8 Å². The summed E-state index contributed by atoms with van der Waals surface area (Å²) in [6.45, 7) is 2.16. The number of rotatable bonds is 8. The fraction of sp³-hybridized carbons (Fsp3) is 0.462. The van der Waals surface area contributed by atoms with Gasteiger partial charge < -0.3 is 5.32 Å². The summed E-state index contributed by atoms with van der Waals surface area (Å²) in [6.07, 6.45) is 2.32. The van der Waals surface area contributed by atoms with Crippen LogP contribution < -0.4 is 5.32 Å². The van der Waals surface area contributed by atoms with E-state index in [9.17, 15) is 9.36 Å². The fourth-order valence-electron chi connectivity index (χ4n) is 1.50. The monoisotopic (exact) mass is 268 g/mol. The Balaban J connectivity index is 2.05. The molecule has 5 heteroatoms. The average molecular weight is 268 g/mol. The molecule has 0 aliphatic carbocycles. The van der Waals surface area contributed by atoms with E-state index < -0.39 is 8.03 Å². The van der Waals surface area contributed by atoms with Crippen LogP contribution in [0.25, 0.3) is 0 Å². The van der Waals surface area contributed by atoms with Gasteiger partial charge in [0.1, 0.15) is 6.61 Å². The Kier molecular flexibility index (Phi) is 7.23. The van der Waals surface area contributed by atoms with Crippen LogP contribution in [0, 0.1) is 0 Å². The van der Waals surface area contributed by atoms with Crippen LogP contribution in [0.15, 0.2) is 30.3 Å². The minimum atomic E-state index is -1.61. The average Bonchev–Trinajstić information content (AvgIpc) is 2.36. The highest BCUT2D eigenvalue weighted by Crippen LogP contribution is 2.23. The smallest absolute Gasteiger partial charge is 0.354 e. The third kappa shape index (κ3) is 7.15. The molecule has 1 N–H and O–H groups in total. The van der Waals surface area contributed by atoms with E-state index in [0.29, 0.717) is 19.3 Å². The maximum atomic E-state index is 11.5. The highest BCUT2D eigenvalue weighted by Gasteiger charge is 2.16. The van der Waals surface area contributed by atoms with Crippen LogP contribution in [-0.4, -0.2) is 25.2 Å². The van der Waals surface area contributed by atoms with E-state index in [1.54, 1.807) is 0 Å². The molecular weight excluding hydrogens is 249 g/mol. The Morgan fingerprint density at radius 3 is 2.72 bits per heavy atom. The molecule has 4 nitrogen and oxygen atoms in total. The van der Waals surface area contributed by atoms with Crippen molar-refractivity contribution < 1.29 is 13.9 Å². The lowest BCUT2D eigenvalue weighted by Gasteiger charge is -1.97. The minimum absolute atomic E-state index is 0.0992. The first-order chi connectivity index (χ1) is 8.68. The van der Waals surface area contributed by atoms with Gasteiger partial charge >= 0.3 is 8.03 Å². The van der Waals surface area contributed by atoms with E-state index >= 15 is 0 Å². The first-order valence-corrected chi connectivity index (χ1v) is 7.40. The van der Waals surface area contributed by atoms with Crippen molar-refractivity contribution in [1.82, 2.24) is 5.32 Å². The van der Waals surface area contributed by atoms with Crippen LogP contribution >= 0.6 is 8.03 Å². The van der Waals surface area contributed by atoms with Gasteiger partial charge in [0.15, 0.2) is 6.16 Å². The first-order valence-electron chi connectivity index (χ1n) is 6.04. The number of benzene rings is 1. The number of nitrogens with one attached hydrogen (secondary N) is 1. The van der Waals surface area contributed by atoms with Crippen molar-refractivity contribution >= 4 is 13.9 Å². The number of carbonyl (C=O) groups is 1. The summed E-state index contributed by atoms with van der Waals surface area (Å²) >= 11 is 0. The molecule has 0 aliphatic heterocycles. The Hall–Kier alpha value is -1.25. The summed E-state index contributed by atoms with van der Waals surface area (Å²) in [6, 6.07) is 10.1. The van der Waals surface area contributed by atoms with Gasteiger partial charge in [0, 0.05) is 13.5 Å². The van der Waals surface area contributed by atoms with Crippen molar-refractivity contribution in [2.45, 2.75) is 19.8 Å². The van der Waals surface area contributed by atoms with Crippen LogP contribution in [0.3, 0.4) is 0 Å². The molecule has 1 aromatic rings. The van der Waals surface area contributed by atoms with Gasteiger partial charge in [-0.05, 0) is 23.0 Å². The quantitative estimate of drug-likeness (QED) is 0.582. The van der Waals surface area contributed by atoms with E-state index in [2.05, 4.69) is 17.4 Å². The van der Waals surface area contributed by atoms with E-state index in [1.165, 1.54) is 12.5 Å². The highest BCUT2D eigenvalue weighted by atomic mass is 31.1. The minimum Gasteiger partial charge on any atom is -0.354 e. The zero-order valence-corrected chi connectivity index (χ0v) is 11.5. The van der Waals surface area contributed by atoms with Crippen molar-refractivity contribution in [3.8, 4) is 0 Å². The molecule has 0 spiro atoms. The molecule has 0 saturated carbocycles. The number of hydrogen-bond acceptors (Lipinski definition) is 3.